The Morgan fingerprint density at radius 3 is 2.21 bits per heavy atom. The second-order valence-corrected chi connectivity index (χ2v) is 12.3. The molecule has 1 aromatic carbocycles. The Bertz CT molecular complexity index is 1450. The number of rotatable bonds is 7. The van der Waals surface area contributed by atoms with E-state index in [9.17, 15) is 36.4 Å². The number of benzene rings is 1. The second kappa shape index (κ2) is 9.18. The number of methoxy groups -OCH3 is 1. The predicted molar refractivity (Wildman–Crippen MR) is 129 cm³/mol. The van der Waals surface area contributed by atoms with Crippen LogP contribution in [0.2, 0.25) is 0 Å². The highest BCUT2D eigenvalue weighted by Crippen LogP contribution is 2.59. The summed E-state index contributed by atoms with van der Waals surface area (Å²) in [6, 6.07) is 6.45. The van der Waals surface area contributed by atoms with Gasteiger partial charge in [-0.15, -0.1) is 0 Å². The molecule has 2 aliphatic carbocycles. The Kier molecular flexibility index (Phi) is 6.32. The summed E-state index contributed by atoms with van der Waals surface area (Å²) in [5.41, 5.74) is -2.53. The molecule has 2 atom stereocenters. The number of amides is 2. The lowest BCUT2D eigenvalue weighted by Crippen LogP contribution is -2.53. The largest absolute Gasteiger partial charge is 0.467 e. The third-order valence-corrected chi connectivity index (χ3v) is 9.77. The Labute approximate surface area is 222 Å². The maximum absolute atomic E-state index is 13.8. The topological polar surface area (TPSA) is 142 Å². The van der Waals surface area contributed by atoms with E-state index in [-0.39, 0.29) is 17.3 Å². The first kappa shape index (κ1) is 26.9. The minimum absolute atomic E-state index is 0.105. The first-order valence-corrected chi connectivity index (χ1v) is 13.7. The van der Waals surface area contributed by atoms with Crippen LogP contribution in [-0.2, 0) is 19.4 Å². The molecule has 2 saturated carbocycles. The molecule has 3 fully saturated rings. The minimum atomic E-state index is -4.83. The highest BCUT2D eigenvalue weighted by molar-refractivity contribution is 7.92. The van der Waals surface area contributed by atoms with Crippen molar-refractivity contribution in [3.63, 3.8) is 0 Å². The number of sulfone groups is 1. The summed E-state index contributed by atoms with van der Waals surface area (Å²) in [6.07, 6.45) is -2.31. The zero-order valence-electron chi connectivity index (χ0n) is 20.7. The summed E-state index contributed by atoms with van der Waals surface area (Å²) in [5.74, 6) is -2.13. The molecule has 206 valence electrons. The molecule has 3 aliphatic rings. The third-order valence-electron chi connectivity index (χ3n) is 7.62. The van der Waals surface area contributed by atoms with E-state index < -0.39 is 69.5 Å². The summed E-state index contributed by atoms with van der Waals surface area (Å²) in [6.45, 7) is -0.565. The molecule has 2 amide bonds. The van der Waals surface area contributed by atoms with Crippen LogP contribution < -0.4 is 10.1 Å². The van der Waals surface area contributed by atoms with Gasteiger partial charge in [0, 0.05) is 24.5 Å². The summed E-state index contributed by atoms with van der Waals surface area (Å²) < 4.78 is 73.2. The van der Waals surface area contributed by atoms with Gasteiger partial charge in [-0.1, -0.05) is 12.1 Å². The van der Waals surface area contributed by atoms with Crippen molar-refractivity contribution in [1.82, 2.24) is 20.2 Å². The number of nitriles is 1. The normalized spacial score (nSPS) is 23.0. The molecule has 10 nitrogen and oxygen atoms in total. The lowest BCUT2D eigenvalue weighted by Gasteiger charge is -2.29. The molecule has 1 aliphatic heterocycles. The molecule has 2 aromatic rings. The zero-order valence-corrected chi connectivity index (χ0v) is 21.6. The fraction of sp³-hybridized carbons (Fsp3) is 0.480. The quantitative estimate of drug-likeness (QED) is 0.541. The average molecular weight is 564 g/mol. The first-order chi connectivity index (χ1) is 18.4. The summed E-state index contributed by atoms with van der Waals surface area (Å²) >= 11 is 0. The van der Waals surface area contributed by atoms with Crippen molar-refractivity contribution in [2.24, 2.45) is 5.41 Å². The predicted octanol–water partition coefficient (Wildman–Crippen LogP) is 2.41. The number of alkyl halides is 3. The molecule has 14 heteroatoms. The van der Waals surface area contributed by atoms with Crippen molar-refractivity contribution in [3.8, 4) is 23.2 Å². The van der Waals surface area contributed by atoms with Gasteiger partial charge < -0.3 is 15.0 Å². The van der Waals surface area contributed by atoms with Crippen molar-refractivity contribution in [3.05, 3.63) is 36.7 Å². The molecule has 0 bridgehead atoms. The van der Waals surface area contributed by atoms with Crippen molar-refractivity contribution in [1.29, 1.82) is 5.26 Å². The van der Waals surface area contributed by atoms with Crippen LogP contribution in [0.4, 0.5) is 13.2 Å². The van der Waals surface area contributed by atoms with Crippen LogP contribution in [0.3, 0.4) is 0 Å². The summed E-state index contributed by atoms with van der Waals surface area (Å²) in [7, 11) is -2.73. The molecule has 1 N–H and O–H groups in total. The van der Waals surface area contributed by atoms with Crippen LogP contribution in [0.5, 0.6) is 6.01 Å². The zero-order chi connectivity index (χ0) is 28.2. The van der Waals surface area contributed by atoms with Gasteiger partial charge in [0.05, 0.1) is 23.3 Å². The van der Waals surface area contributed by atoms with Crippen molar-refractivity contribution < 1.29 is 35.9 Å². The number of hydrogen-bond donors (Lipinski definition) is 1. The highest BCUT2D eigenvalue weighted by atomic mass is 32.2. The van der Waals surface area contributed by atoms with Crippen LogP contribution in [0, 0.1) is 16.7 Å². The Balaban J connectivity index is 1.41. The van der Waals surface area contributed by atoms with Crippen molar-refractivity contribution >= 4 is 21.7 Å². The molecule has 39 heavy (non-hydrogen) atoms. The minimum Gasteiger partial charge on any atom is -0.467 e. The van der Waals surface area contributed by atoms with Gasteiger partial charge in [-0.05, 0) is 49.8 Å². The molecule has 5 rings (SSSR count). The van der Waals surface area contributed by atoms with Gasteiger partial charge in [-0.2, -0.15) is 18.4 Å². The SMILES string of the molecule is COc1ncc(-c2ccc(S(=O)(=O)C3CC(C(=O)NC4(C#N)CC4)N(C(=O)C4(C(F)(F)F)CC4)C3)cc2)cn1. The standard InChI is InChI=1S/C25H24F3N5O5S/c1-38-22-30-11-16(12-31-22)15-2-4-17(5-3-15)39(36,37)18-10-19(20(34)32-23(14-29)6-7-23)33(13-18)21(35)24(8-9-24)25(26,27)28/h2-5,11-12,18-19H,6-10,13H2,1H3,(H,32,34). The molecular weight excluding hydrogens is 539 g/mol. The summed E-state index contributed by atoms with van der Waals surface area (Å²) in [4.78, 5) is 34.9. The van der Waals surface area contributed by atoms with E-state index in [1.54, 1.807) is 0 Å². The average Bonchev–Trinajstić information content (AvgIpc) is 3.84. The first-order valence-electron chi connectivity index (χ1n) is 12.2. The lowest BCUT2D eigenvalue weighted by molar-refractivity contribution is -0.199. The van der Waals surface area contributed by atoms with Gasteiger partial charge in [-0.25, -0.2) is 18.4 Å². The molecule has 1 aromatic heterocycles. The smallest absolute Gasteiger partial charge is 0.403 e. The number of nitrogens with one attached hydrogen (secondary N) is 1. The van der Waals surface area contributed by atoms with Gasteiger partial charge in [0.2, 0.25) is 11.8 Å². The van der Waals surface area contributed by atoms with Gasteiger partial charge >= 0.3 is 12.2 Å². The fourth-order valence-corrected chi connectivity index (χ4v) is 6.52. The number of aromatic nitrogens is 2. The molecule has 0 spiro atoms. The van der Waals surface area contributed by atoms with Crippen molar-refractivity contribution in [2.75, 3.05) is 13.7 Å². The van der Waals surface area contributed by atoms with E-state index in [1.165, 1.54) is 43.8 Å². The van der Waals surface area contributed by atoms with Crippen LogP contribution in [0.1, 0.15) is 32.1 Å². The maximum Gasteiger partial charge on any atom is 0.403 e. The fourth-order valence-electron chi connectivity index (χ4n) is 4.82. The van der Waals surface area contributed by atoms with Gasteiger partial charge in [-0.3, -0.25) is 9.59 Å². The highest BCUT2D eigenvalue weighted by Gasteiger charge is 2.70. The van der Waals surface area contributed by atoms with Gasteiger partial charge in [0.1, 0.15) is 17.0 Å². The number of halogens is 3. The van der Waals surface area contributed by atoms with E-state index in [2.05, 4.69) is 15.3 Å². The van der Waals surface area contributed by atoms with Crippen LogP contribution in [-0.4, -0.2) is 71.8 Å². The number of hydrogen-bond acceptors (Lipinski definition) is 8. The number of carbonyl (C=O) groups excluding carboxylic acids is 2. The van der Waals surface area contributed by atoms with E-state index in [1.807, 2.05) is 6.07 Å². The Morgan fingerprint density at radius 2 is 1.72 bits per heavy atom. The van der Waals surface area contributed by atoms with Gasteiger partial charge in [0.15, 0.2) is 9.84 Å². The van der Waals surface area contributed by atoms with Crippen LogP contribution >= 0.6 is 0 Å². The second-order valence-electron chi connectivity index (χ2n) is 10.1. The van der Waals surface area contributed by atoms with E-state index in [4.69, 9.17) is 4.74 Å². The molecule has 2 heterocycles. The van der Waals surface area contributed by atoms with Gasteiger partial charge in [0.25, 0.3) is 0 Å². The number of nitrogens with zero attached hydrogens (tertiary/aromatic N) is 4. The monoisotopic (exact) mass is 563 g/mol. The number of likely N-dealkylation sites (tertiary alicyclic amines) is 1. The molecule has 2 unspecified atom stereocenters. The molecule has 1 saturated heterocycles. The van der Waals surface area contributed by atoms with Crippen LogP contribution in [0.25, 0.3) is 11.1 Å². The molecular formula is C25H24F3N5O5S. The van der Waals surface area contributed by atoms with E-state index >= 15 is 0 Å². The Hall–Kier alpha value is -3.73. The lowest BCUT2D eigenvalue weighted by atomic mass is 10.0. The summed E-state index contributed by atoms with van der Waals surface area (Å²) in [5, 5.41) is 10.5. The van der Waals surface area contributed by atoms with E-state index in [0.29, 0.717) is 24.0 Å². The molecule has 0 radical (unpaired) electrons. The maximum atomic E-state index is 13.8. The number of carbonyl (C=O) groups is 2. The number of ether oxygens (including phenoxy) is 1. The van der Waals surface area contributed by atoms with Crippen LogP contribution in [0.15, 0.2) is 41.6 Å². The van der Waals surface area contributed by atoms with Crippen molar-refractivity contribution in [2.45, 2.75) is 60.0 Å². The van der Waals surface area contributed by atoms with E-state index in [0.717, 1.165) is 4.90 Å². The third kappa shape index (κ3) is 4.69. The Morgan fingerprint density at radius 1 is 1.10 bits per heavy atom.